The molecular formula is C13H15F3N2O2. The molecule has 0 spiro atoms. The van der Waals surface area contributed by atoms with Crippen LogP contribution in [0.2, 0.25) is 0 Å². The number of piperazine rings is 1. The number of methoxy groups -OCH3 is 1. The minimum absolute atomic E-state index is 0.0155. The van der Waals surface area contributed by atoms with Crippen LogP contribution >= 0.6 is 0 Å². The lowest BCUT2D eigenvalue weighted by Gasteiger charge is -2.36. The molecule has 1 amide bonds. The molecule has 7 heteroatoms. The summed E-state index contributed by atoms with van der Waals surface area (Å²) in [6.07, 6.45) is -4.38. The summed E-state index contributed by atoms with van der Waals surface area (Å²) in [6.45, 7) is -0.679. The molecule has 1 heterocycles. The van der Waals surface area contributed by atoms with Gasteiger partial charge in [-0.3, -0.25) is 9.69 Å². The SMILES string of the molecule is COc1ccccc1CN1CC(=O)NCC1C(F)(F)F. The Hall–Kier alpha value is -1.76. The van der Waals surface area contributed by atoms with Crippen molar-refractivity contribution in [3.05, 3.63) is 29.8 Å². The summed E-state index contributed by atoms with van der Waals surface area (Å²) in [4.78, 5) is 12.5. The molecule has 4 nitrogen and oxygen atoms in total. The number of alkyl halides is 3. The molecule has 0 aliphatic carbocycles. The maximum Gasteiger partial charge on any atom is 0.405 e. The Kier molecular flexibility index (Phi) is 4.17. The van der Waals surface area contributed by atoms with Crippen molar-refractivity contribution in [1.82, 2.24) is 10.2 Å². The zero-order chi connectivity index (χ0) is 14.8. The average molecular weight is 288 g/mol. The lowest BCUT2D eigenvalue weighted by Crippen LogP contribution is -2.59. The number of nitrogens with zero attached hydrogens (tertiary/aromatic N) is 1. The van der Waals surface area contributed by atoms with E-state index in [0.717, 1.165) is 4.90 Å². The minimum Gasteiger partial charge on any atom is -0.496 e. The van der Waals surface area contributed by atoms with Gasteiger partial charge in [0.2, 0.25) is 5.91 Å². The number of nitrogens with one attached hydrogen (secondary N) is 1. The van der Waals surface area contributed by atoms with E-state index < -0.39 is 24.7 Å². The first-order valence-electron chi connectivity index (χ1n) is 6.11. The maximum absolute atomic E-state index is 13.0. The van der Waals surface area contributed by atoms with E-state index >= 15 is 0 Å². The Bertz CT molecular complexity index is 491. The second kappa shape index (κ2) is 5.70. The van der Waals surface area contributed by atoms with E-state index in [9.17, 15) is 18.0 Å². The maximum atomic E-state index is 13.0. The fourth-order valence-corrected chi connectivity index (χ4v) is 2.23. The number of carbonyl (C=O) groups is 1. The highest BCUT2D eigenvalue weighted by atomic mass is 19.4. The predicted octanol–water partition coefficient (Wildman–Crippen LogP) is 1.56. The first-order chi connectivity index (χ1) is 9.41. The molecule has 1 fully saturated rings. The molecule has 20 heavy (non-hydrogen) atoms. The van der Waals surface area contributed by atoms with Gasteiger partial charge in [0.1, 0.15) is 11.8 Å². The van der Waals surface area contributed by atoms with E-state index in [4.69, 9.17) is 4.74 Å². The van der Waals surface area contributed by atoms with Crippen LogP contribution in [0.1, 0.15) is 5.56 Å². The third-order valence-corrected chi connectivity index (χ3v) is 3.22. The minimum atomic E-state index is -4.38. The molecule has 110 valence electrons. The molecule has 0 aromatic heterocycles. The van der Waals surface area contributed by atoms with Crippen molar-refractivity contribution >= 4 is 5.91 Å². The molecule has 0 radical (unpaired) electrons. The number of ether oxygens (including phenoxy) is 1. The number of amides is 1. The second-order valence-electron chi connectivity index (χ2n) is 4.58. The van der Waals surface area contributed by atoms with Gasteiger partial charge in [-0.2, -0.15) is 13.2 Å². The second-order valence-corrected chi connectivity index (χ2v) is 4.58. The van der Waals surface area contributed by atoms with Gasteiger partial charge in [0.05, 0.1) is 13.7 Å². The van der Waals surface area contributed by atoms with E-state index in [1.807, 2.05) is 0 Å². The molecule has 0 bridgehead atoms. The number of halogens is 3. The molecule has 1 unspecified atom stereocenters. The Morgan fingerprint density at radius 2 is 2.10 bits per heavy atom. The van der Waals surface area contributed by atoms with E-state index in [1.165, 1.54) is 7.11 Å². The third-order valence-electron chi connectivity index (χ3n) is 3.22. The first-order valence-corrected chi connectivity index (χ1v) is 6.11. The van der Waals surface area contributed by atoms with Gasteiger partial charge in [0.25, 0.3) is 0 Å². The van der Waals surface area contributed by atoms with Gasteiger partial charge in [0, 0.05) is 18.7 Å². The molecule has 1 N–H and O–H groups in total. The highest BCUT2D eigenvalue weighted by molar-refractivity contribution is 5.79. The molecule has 1 atom stereocenters. The van der Waals surface area contributed by atoms with Gasteiger partial charge in [-0.1, -0.05) is 18.2 Å². The van der Waals surface area contributed by atoms with Crippen molar-refractivity contribution in [3.63, 3.8) is 0 Å². The largest absolute Gasteiger partial charge is 0.496 e. The average Bonchev–Trinajstić information content (AvgIpc) is 2.38. The Labute approximate surface area is 114 Å². The van der Waals surface area contributed by atoms with Gasteiger partial charge in [0.15, 0.2) is 0 Å². The number of benzene rings is 1. The number of hydrogen-bond acceptors (Lipinski definition) is 3. The third kappa shape index (κ3) is 3.22. The smallest absolute Gasteiger partial charge is 0.405 e. The Balaban J connectivity index is 2.21. The normalized spacial score (nSPS) is 20.6. The van der Waals surface area contributed by atoms with Crippen molar-refractivity contribution in [3.8, 4) is 5.75 Å². The highest BCUT2D eigenvalue weighted by Gasteiger charge is 2.46. The van der Waals surface area contributed by atoms with Crippen molar-refractivity contribution < 1.29 is 22.7 Å². The number of para-hydroxylation sites is 1. The molecule has 0 saturated carbocycles. The molecule has 1 aliphatic heterocycles. The van der Waals surface area contributed by atoms with E-state index in [1.54, 1.807) is 24.3 Å². The zero-order valence-corrected chi connectivity index (χ0v) is 10.9. The van der Waals surface area contributed by atoms with Crippen LogP contribution in [-0.4, -0.2) is 43.2 Å². The summed E-state index contributed by atoms with van der Waals surface area (Å²) < 4.78 is 44.1. The van der Waals surface area contributed by atoms with Gasteiger partial charge < -0.3 is 10.1 Å². The van der Waals surface area contributed by atoms with Crippen molar-refractivity contribution in [2.24, 2.45) is 0 Å². The standard InChI is InChI=1S/C13H15F3N2O2/c1-20-10-5-3-2-4-9(10)7-18-8-12(19)17-6-11(18)13(14,15)16/h2-5,11H,6-8H2,1H3,(H,17,19). The molecule has 2 rings (SSSR count). The summed E-state index contributed by atoms with van der Waals surface area (Å²) >= 11 is 0. The van der Waals surface area contributed by atoms with Crippen molar-refractivity contribution in [1.29, 1.82) is 0 Å². The van der Waals surface area contributed by atoms with Crippen LogP contribution in [0.3, 0.4) is 0 Å². The number of rotatable bonds is 3. The highest BCUT2D eigenvalue weighted by Crippen LogP contribution is 2.28. The molecule has 1 aromatic carbocycles. The molecule has 1 aliphatic rings. The van der Waals surface area contributed by atoms with Gasteiger partial charge in [-0.15, -0.1) is 0 Å². The van der Waals surface area contributed by atoms with E-state index in [-0.39, 0.29) is 13.1 Å². The van der Waals surface area contributed by atoms with Crippen LogP contribution in [0.5, 0.6) is 5.75 Å². The molecule has 1 aromatic rings. The van der Waals surface area contributed by atoms with Gasteiger partial charge >= 0.3 is 6.18 Å². The monoisotopic (exact) mass is 288 g/mol. The lowest BCUT2D eigenvalue weighted by atomic mass is 10.1. The Morgan fingerprint density at radius 1 is 1.40 bits per heavy atom. The summed E-state index contributed by atoms with van der Waals surface area (Å²) in [5.74, 6) is 0.111. The Morgan fingerprint density at radius 3 is 2.75 bits per heavy atom. The van der Waals surface area contributed by atoms with Crippen molar-refractivity contribution in [2.45, 2.75) is 18.8 Å². The summed E-state index contributed by atoms with van der Waals surface area (Å²) in [5, 5.41) is 2.25. The van der Waals surface area contributed by atoms with Crippen LogP contribution in [0, 0.1) is 0 Å². The summed E-state index contributed by atoms with van der Waals surface area (Å²) in [5.41, 5.74) is 0.624. The van der Waals surface area contributed by atoms with Gasteiger partial charge in [-0.05, 0) is 6.07 Å². The van der Waals surface area contributed by atoms with Crippen LogP contribution < -0.4 is 10.1 Å². The quantitative estimate of drug-likeness (QED) is 0.917. The van der Waals surface area contributed by atoms with Crippen LogP contribution in [0.15, 0.2) is 24.3 Å². The lowest BCUT2D eigenvalue weighted by molar-refractivity contribution is -0.190. The first kappa shape index (κ1) is 14.6. The summed E-state index contributed by atoms with van der Waals surface area (Å²) in [7, 11) is 1.46. The predicted molar refractivity (Wildman–Crippen MR) is 66.3 cm³/mol. The topological polar surface area (TPSA) is 41.6 Å². The van der Waals surface area contributed by atoms with E-state index in [2.05, 4.69) is 5.32 Å². The number of hydrogen-bond donors (Lipinski definition) is 1. The summed E-state index contributed by atoms with van der Waals surface area (Å²) in [6, 6.07) is 5.17. The van der Waals surface area contributed by atoms with Crippen molar-refractivity contribution in [2.75, 3.05) is 20.2 Å². The zero-order valence-electron chi connectivity index (χ0n) is 10.9. The molecule has 1 saturated heterocycles. The van der Waals surface area contributed by atoms with Crippen LogP contribution in [0.4, 0.5) is 13.2 Å². The molecular weight excluding hydrogens is 273 g/mol. The fourth-order valence-electron chi connectivity index (χ4n) is 2.23. The number of carbonyl (C=O) groups excluding carboxylic acids is 1. The van der Waals surface area contributed by atoms with Gasteiger partial charge in [-0.25, -0.2) is 0 Å². The van der Waals surface area contributed by atoms with Crippen LogP contribution in [-0.2, 0) is 11.3 Å². The fraction of sp³-hybridized carbons (Fsp3) is 0.462. The van der Waals surface area contributed by atoms with E-state index in [0.29, 0.717) is 11.3 Å². The van der Waals surface area contributed by atoms with Crippen LogP contribution in [0.25, 0.3) is 0 Å².